The van der Waals surface area contributed by atoms with Crippen LogP contribution in [-0.4, -0.2) is 24.7 Å². The maximum atomic E-state index is 12.7. The number of rotatable bonds is 4. The van der Waals surface area contributed by atoms with Crippen molar-refractivity contribution in [1.29, 1.82) is 0 Å². The van der Waals surface area contributed by atoms with Gasteiger partial charge in [-0.25, -0.2) is 0 Å². The fourth-order valence-corrected chi connectivity index (χ4v) is 2.82. The molecule has 4 heteroatoms. The molecule has 0 radical (unpaired) electrons. The number of para-hydroxylation sites is 2. The molecule has 25 heavy (non-hydrogen) atoms. The minimum absolute atomic E-state index is 0.0324. The van der Waals surface area contributed by atoms with Crippen LogP contribution >= 0.6 is 0 Å². The summed E-state index contributed by atoms with van der Waals surface area (Å²) in [6, 6.07) is 15.3. The van der Waals surface area contributed by atoms with E-state index in [2.05, 4.69) is 0 Å². The molecule has 1 atom stereocenters. The average molecular weight is 337 g/mol. The topological polar surface area (TPSA) is 38.8 Å². The lowest BCUT2D eigenvalue weighted by Gasteiger charge is -2.32. The van der Waals surface area contributed by atoms with Gasteiger partial charge in [0.15, 0.2) is 0 Å². The molecular weight excluding hydrogens is 314 g/mol. The lowest BCUT2D eigenvalue weighted by atomic mass is 10.1. The van der Waals surface area contributed by atoms with Gasteiger partial charge in [-0.1, -0.05) is 24.3 Å². The number of hydrogen-bond donors (Lipinski definition) is 0. The van der Waals surface area contributed by atoms with Crippen molar-refractivity contribution in [2.24, 2.45) is 0 Å². The highest BCUT2D eigenvalue weighted by Crippen LogP contribution is 2.33. The largest absolute Gasteiger partial charge is 0.491 e. The van der Waals surface area contributed by atoms with Crippen molar-refractivity contribution in [3.8, 4) is 11.5 Å². The van der Waals surface area contributed by atoms with E-state index in [9.17, 15) is 4.79 Å². The monoisotopic (exact) mass is 337 g/mol. The van der Waals surface area contributed by atoms with Crippen molar-refractivity contribution < 1.29 is 14.3 Å². The van der Waals surface area contributed by atoms with E-state index in [1.807, 2.05) is 75.4 Å². The molecule has 0 fully saturated rings. The van der Waals surface area contributed by atoms with Crippen LogP contribution in [0.25, 0.3) is 6.08 Å². The fraction of sp³-hybridized carbons (Fsp3) is 0.286. The van der Waals surface area contributed by atoms with Crippen molar-refractivity contribution in [3.05, 3.63) is 60.2 Å². The molecule has 130 valence electrons. The Balaban J connectivity index is 1.77. The summed E-state index contributed by atoms with van der Waals surface area (Å²) in [6.45, 7) is 6.48. The van der Waals surface area contributed by atoms with E-state index in [4.69, 9.17) is 9.47 Å². The zero-order chi connectivity index (χ0) is 17.8. The van der Waals surface area contributed by atoms with Gasteiger partial charge in [-0.3, -0.25) is 4.79 Å². The second kappa shape index (κ2) is 7.43. The van der Waals surface area contributed by atoms with E-state index in [-0.39, 0.29) is 18.1 Å². The average Bonchev–Trinajstić information content (AvgIpc) is 2.58. The molecule has 0 saturated heterocycles. The van der Waals surface area contributed by atoms with Crippen LogP contribution in [0.4, 0.5) is 5.69 Å². The molecule has 1 aliphatic rings. The molecule has 0 N–H and O–H groups in total. The molecule has 0 spiro atoms. The Labute approximate surface area is 148 Å². The minimum atomic E-state index is -0.0576. The van der Waals surface area contributed by atoms with Gasteiger partial charge in [-0.05, 0) is 56.7 Å². The van der Waals surface area contributed by atoms with E-state index < -0.39 is 0 Å². The molecule has 0 aliphatic carbocycles. The van der Waals surface area contributed by atoms with E-state index in [0.29, 0.717) is 6.54 Å². The first kappa shape index (κ1) is 17.1. The van der Waals surface area contributed by atoms with E-state index in [1.165, 1.54) is 0 Å². The predicted molar refractivity (Wildman–Crippen MR) is 100 cm³/mol. The van der Waals surface area contributed by atoms with Gasteiger partial charge in [0.2, 0.25) is 0 Å². The van der Waals surface area contributed by atoms with E-state index >= 15 is 0 Å². The summed E-state index contributed by atoms with van der Waals surface area (Å²) in [5.74, 6) is 1.49. The summed E-state index contributed by atoms with van der Waals surface area (Å²) in [5.41, 5.74) is 1.74. The predicted octanol–water partition coefficient (Wildman–Crippen LogP) is 4.30. The Morgan fingerprint density at radius 2 is 2.04 bits per heavy atom. The molecular formula is C21H23NO3. The Morgan fingerprint density at radius 1 is 1.24 bits per heavy atom. The molecule has 0 bridgehead atoms. The van der Waals surface area contributed by atoms with Crippen LogP contribution in [0.3, 0.4) is 0 Å². The van der Waals surface area contributed by atoms with Gasteiger partial charge >= 0.3 is 0 Å². The van der Waals surface area contributed by atoms with Gasteiger partial charge in [-0.15, -0.1) is 0 Å². The first-order valence-electron chi connectivity index (χ1n) is 8.55. The number of carbonyl (C=O) groups excluding carboxylic acids is 1. The third-order valence-electron chi connectivity index (χ3n) is 3.84. The molecule has 3 rings (SSSR count). The van der Waals surface area contributed by atoms with Gasteiger partial charge in [0.1, 0.15) is 17.6 Å². The number of benzene rings is 2. The summed E-state index contributed by atoms with van der Waals surface area (Å²) >= 11 is 0. The Hall–Kier alpha value is -2.75. The second-order valence-corrected chi connectivity index (χ2v) is 6.42. The molecule has 1 amide bonds. The molecule has 2 aromatic rings. The minimum Gasteiger partial charge on any atom is -0.491 e. The second-order valence-electron chi connectivity index (χ2n) is 6.42. The highest BCUT2D eigenvalue weighted by molar-refractivity contribution is 6.05. The number of carbonyl (C=O) groups is 1. The smallest absolute Gasteiger partial charge is 0.251 e. The number of hydrogen-bond acceptors (Lipinski definition) is 3. The maximum absolute atomic E-state index is 12.7. The van der Waals surface area contributed by atoms with Gasteiger partial charge in [-0.2, -0.15) is 0 Å². The fourth-order valence-electron chi connectivity index (χ4n) is 2.82. The number of nitrogens with zero attached hydrogens (tertiary/aromatic N) is 1. The first-order valence-corrected chi connectivity index (χ1v) is 8.55. The van der Waals surface area contributed by atoms with Crippen LogP contribution in [0.5, 0.6) is 11.5 Å². The summed E-state index contributed by atoms with van der Waals surface area (Å²) < 4.78 is 11.5. The molecule has 2 aromatic carbocycles. The van der Waals surface area contributed by atoms with Gasteiger partial charge in [0.05, 0.1) is 18.3 Å². The first-order chi connectivity index (χ1) is 12.0. The highest BCUT2D eigenvalue weighted by atomic mass is 16.5. The summed E-state index contributed by atoms with van der Waals surface area (Å²) in [7, 11) is 0. The van der Waals surface area contributed by atoms with Gasteiger partial charge < -0.3 is 14.4 Å². The quantitative estimate of drug-likeness (QED) is 0.781. The SMILES string of the molecule is CC(C)Oc1cccc(/C=C/C(=O)N2CC(C)Oc3ccccc32)c1. The van der Waals surface area contributed by atoms with Crippen LogP contribution in [0.15, 0.2) is 54.6 Å². The molecule has 0 saturated carbocycles. The molecule has 1 aliphatic heterocycles. The van der Waals surface area contributed by atoms with Crippen LogP contribution in [0, 0.1) is 0 Å². The number of amides is 1. The van der Waals surface area contributed by atoms with Crippen LogP contribution < -0.4 is 14.4 Å². The van der Waals surface area contributed by atoms with Crippen molar-refractivity contribution in [3.63, 3.8) is 0 Å². The highest BCUT2D eigenvalue weighted by Gasteiger charge is 2.25. The standard InChI is InChI=1S/C21H23NO3/c1-15(2)24-18-8-6-7-17(13-18)11-12-21(23)22-14-16(3)25-20-10-5-4-9-19(20)22/h4-13,15-16H,14H2,1-3H3/b12-11+. The van der Waals surface area contributed by atoms with Crippen molar-refractivity contribution in [1.82, 2.24) is 0 Å². The lowest BCUT2D eigenvalue weighted by molar-refractivity contribution is -0.114. The van der Waals surface area contributed by atoms with E-state index in [1.54, 1.807) is 11.0 Å². The van der Waals surface area contributed by atoms with Gasteiger partial charge in [0.25, 0.3) is 5.91 Å². The lowest BCUT2D eigenvalue weighted by Crippen LogP contribution is -2.41. The van der Waals surface area contributed by atoms with Crippen LogP contribution in [-0.2, 0) is 4.79 Å². The summed E-state index contributed by atoms with van der Waals surface area (Å²) in [4.78, 5) is 14.5. The Bertz CT molecular complexity index is 782. The molecule has 0 aromatic heterocycles. The normalized spacial score (nSPS) is 16.6. The third-order valence-corrected chi connectivity index (χ3v) is 3.84. The van der Waals surface area contributed by atoms with Crippen molar-refractivity contribution >= 4 is 17.7 Å². The zero-order valence-electron chi connectivity index (χ0n) is 14.8. The number of anilines is 1. The van der Waals surface area contributed by atoms with Crippen LogP contribution in [0.2, 0.25) is 0 Å². The van der Waals surface area contributed by atoms with E-state index in [0.717, 1.165) is 22.7 Å². The third kappa shape index (κ3) is 4.21. The van der Waals surface area contributed by atoms with Crippen molar-refractivity contribution in [2.45, 2.75) is 33.0 Å². The molecule has 4 nitrogen and oxygen atoms in total. The summed E-state index contributed by atoms with van der Waals surface area (Å²) in [5, 5.41) is 0. The van der Waals surface area contributed by atoms with Crippen LogP contribution in [0.1, 0.15) is 26.3 Å². The molecule has 1 unspecified atom stereocenters. The Kier molecular flexibility index (Phi) is 5.08. The molecule has 1 heterocycles. The van der Waals surface area contributed by atoms with Gasteiger partial charge in [0, 0.05) is 6.08 Å². The number of ether oxygens (including phenoxy) is 2. The Morgan fingerprint density at radius 3 is 2.84 bits per heavy atom. The zero-order valence-corrected chi connectivity index (χ0v) is 14.8. The summed E-state index contributed by atoms with van der Waals surface area (Å²) in [6.07, 6.45) is 3.50. The number of fused-ring (bicyclic) bond motifs is 1. The maximum Gasteiger partial charge on any atom is 0.251 e. The van der Waals surface area contributed by atoms with Crippen molar-refractivity contribution in [2.75, 3.05) is 11.4 Å².